The first kappa shape index (κ1) is 11.7. The summed E-state index contributed by atoms with van der Waals surface area (Å²) in [4.78, 5) is 13.9. The Bertz CT molecular complexity index is 597. The summed E-state index contributed by atoms with van der Waals surface area (Å²) in [7, 11) is 0. The lowest BCUT2D eigenvalue weighted by Crippen LogP contribution is -2.31. The minimum absolute atomic E-state index is 0.0709. The van der Waals surface area contributed by atoms with Crippen molar-refractivity contribution < 1.29 is 4.79 Å². The second-order valence-corrected chi connectivity index (χ2v) is 5.45. The molecule has 1 unspecified atom stereocenters. The summed E-state index contributed by atoms with van der Waals surface area (Å²) >= 11 is 7.56. The fraction of sp³-hybridized carbons (Fsp3) is 0.154. The third-order valence-corrected chi connectivity index (χ3v) is 4.04. The summed E-state index contributed by atoms with van der Waals surface area (Å²) in [5.74, 6) is -0.0709. The van der Waals surface area contributed by atoms with E-state index < -0.39 is 6.04 Å². The van der Waals surface area contributed by atoms with E-state index in [1.165, 1.54) is 0 Å². The molecule has 1 aliphatic rings. The first-order valence-electron chi connectivity index (χ1n) is 5.54. The van der Waals surface area contributed by atoms with Crippen molar-refractivity contribution in [2.45, 2.75) is 12.6 Å². The minimum Gasteiger partial charge on any atom is -0.316 e. The summed E-state index contributed by atoms with van der Waals surface area (Å²) < 4.78 is 0. The Morgan fingerprint density at radius 3 is 2.94 bits per heavy atom. The number of anilines is 1. The van der Waals surface area contributed by atoms with Crippen LogP contribution in [0.15, 0.2) is 35.0 Å². The van der Waals surface area contributed by atoms with Crippen LogP contribution in [0.1, 0.15) is 17.2 Å². The summed E-state index contributed by atoms with van der Waals surface area (Å²) in [5.41, 5.74) is 8.72. The number of nitrogens with two attached hydrogens (primary N) is 1. The molecule has 1 aliphatic heterocycles. The number of carbonyl (C=O) groups excluding carboxylic acids is 1. The van der Waals surface area contributed by atoms with Gasteiger partial charge in [0.2, 0.25) is 5.91 Å². The molecule has 0 saturated carbocycles. The molecular formula is C13H11ClN2OS. The molecule has 0 bridgehead atoms. The quantitative estimate of drug-likeness (QED) is 0.918. The molecular weight excluding hydrogens is 268 g/mol. The van der Waals surface area contributed by atoms with Crippen molar-refractivity contribution in [2.24, 2.45) is 5.73 Å². The van der Waals surface area contributed by atoms with E-state index >= 15 is 0 Å². The lowest BCUT2D eigenvalue weighted by Gasteiger charge is -2.16. The zero-order chi connectivity index (χ0) is 12.7. The van der Waals surface area contributed by atoms with E-state index in [2.05, 4.69) is 0 Å². The van der Waals surface area contributed by atoms with Crippen LogP contribution < -0.4 is 10.6 Å². The first-order valence-corrected chi connectivity index (χ1v) is 6.86. The second kappa shape index (κ2) is 4.39. The summed E-state index contributed by atoms with van der Waals surface area (Å²) in [6.07, 6.45) is 0. The fourth-order valence-electron chi connectivity index (χ4n) is 2.17. The van der Waals surface area contributed by atoms with Gasteiger partial charge in [-0.3, -0.25) is 4.79 Å². The SMILES string of the molecule is NC1C(=O)N(Cc2ccsc2)c2ccc(Cl)cc21. The van der Waals surface area contributed by atoms with Crippen LogP contribution in [0, 0.1) is 0 Å². The number of benzene rings is 1. The van der Waals surface area contributed by atoms with E-state index in [4.69, 9.17) is 17.3 Å². The lowest BCUT2D eigenvalue weighted by atomic mass is 10.1. The maximum Gasteiger partial charge on any atom is 0.248 e. The minimum atomic E-state index is -0.600. The molecule has 5 heteroatoms. The summed E-state index contributed by atoms with van der Waals surface area (Å²) in [6, 6.07) is 6.82. The average Bonchev–Trinajstić information content (AvgIpc) is 2.94. The van der Waals surface area contributed by atoms with Crippen molar-refractivity contribution in [3.05, 3.63) is 51.2 Å². The number of fused-ring (bicyclic) bond motifs is 1. The highest BCUT2D eigenvalue weighted by Crippen LogP contribution is 2.37. The van der Waals surface area contributed by atoms with Gasteiger partial charge in [-0.05, 0) is 40.6 Å². The lowest BCUT2D eigenvalue weighted by molar-refractivity contribution is -0.119. The van der Waals surface area contributed by atoms with Gasteiger partial charge in [-0.1, -0.05) is 11.6 Å². The van der Waals surface area contributed by atoms with E-state index in [0.717, 1.165) is 16.8 Å². The molecule has 0 aliphatic carbocycles. The Morgan fingerprint density at radius 2 is 2.22 bits per heavy atom. The smallest absolute Gasteiger partial charge is 0.248 e. The molecule has 18 heavy (non-hydrogen) atoms. The monoisotopic (exact) mass is 278 g/mol. The second-order valence-electron chi connectivity index (χ2n) is 4.24. The molecule has 0 fully saturated rings. The van der Waals surface area contributed by atoms with Crippen LogP contribution in [-0.2, 0) is 11.3 Å². The van der Waals surface area contributed by atoms with Crippen LogP contribution in [-0.4, -0.2) is 5.91 Å². The van der Waals surface area contributed by atoms with Gasteiger partial charge < -0.3 is 10.6 Å². The van der Waals surface area contributed by atoms with Gasteiger partial charge in [-0.25, -0.2) is 0 Å². The van der Waals surface area contributed by atoms with Crippen molar-refractivity contribution in [1.29, 1.82) is 0 Å². The van der Waals surface area contributed by atoms with E-state index in [9.17, 15) is 4.79 Å². The Balaban J connectivity index is 1.99. The molecule has 0 spiro atoms. The number of hydrogen-bond donors (Lipinski definition) is 1. The Hall–Kier alpha value is -1.36. The number of halogens is 1. The van der Waals surface area contributed by atoms with Crippen LogP contribution in [0.5, 0.6) is 0 Å². The van der Waals surface area contributed by atoms with Crippen molar-refractivity contribution in [2.75, 3.05) is 4.90 Å². The Morgan fingerprint density at radius 1 is 1.39 bits per heavy atom. The third kappa shape index (κ3) is 1.82. The third-order valence-electron chi connectivity index (χ3n) is 3.07. The summed E-state index contributed by atoms with van der Waals surface area (Å²) in [6.45, 7) is 0.560. The molecule has 92 valence electrons. The predicted octanol–water partition coefficient (Wildman–Crippen LogP) is 2.95. The van der Waals surface area contributed by atoms with Gasteiger partial charge in [0, 0.05) is 16.3 Å². The molecule has 0 saturated heterocycles. The zero-order valence-corrected chi connectivity index (χ0v) is 11.0. The molecule has 3 rings (SSSR count). The van der Waals surface area contributed by atoms with Crippen LogP contribution in [0.2, 0.25) is 5.02 Å². The van der Waals surface area contributed by atoms with Crippen LogP contribution in [0.4, 0.5) is 5.69 Å². The molecule has 1 aromatic carbocycles. The highest BCUT2D eigenvalue weighted by Gasteiger charge is 2.34. The molecule has 1 atom stereocenters. The highest BCUT2D eigenvalue weighted by atomic mass is 35.5. The van der Waals surface area contributed by atoms with E-state index in [1.807, 2.05) is 22.9 Å². The molecule has 1 aromatic heterocycles. The van der Waals surface area contributed by atoms with Crippen LogP contribution >= 0.6 is 22.9 Å². The van der Waals surface area contributed by atoms with E-state index in [0.29, 0.717) is 11.6 Å². The van der Waals surface area contributed by atoms with Gasteiger partial charge >= 0.3 is 0 Å². The predicted molar refractivity (Wildman–Crippen MR) is 73.9 cm³/mol. The Kier molecular flexibility index (Phi) is 2.86. The maximum atomic E-state index is 12.2. The topological polar surface area (TPSA) is 46.3 Å². The number of hydrogen-bond acceptors (Lipinski definition) is 3. The van der Waals surface area contributed by atoms with Crippen molar-refractivity contribution in [1.82, 2.24) is 0 Å². The van der Waals surface area contributed by atoms with E-state index in [1.54, 1.807) is 28.4 Å². The highest BCUT2D eigenvalue weighted by molar-refractivity contribution is 7.07. The van der Waals surface area contributed by atoms with Gasteiger partial charge in [0.1, 0.15) is 6.04 Å². The van der Waals surface area contributed by atoms with Crippen molar-refractivity contribution in [3.63, 3.8) is 0 Å². The average molecular weight is 279 g/mol. The molecule has 2 N–H and O–H groups in total. The number of carbonyl (C=O) groups is 1. The zero-order valence-electron chi connectivity index (χ0n) is 9.47. The molecule has 2 heterocycles. The first-order chi connectivity index (χ1) is 8.66. The number of amides is 1. The fourth-order valence-corrected chi connectivity index (χ4v) is 3.01. The van der Waals surface area contributed by atoms with Crippen molar-refractivity contribution >= 4 is 34.5 Å². The van der Waals surface area contributed by atoms with Gasteiger partial charge in [-0.15, -0.1) is 0 Å². The van der Waals surface area contributed by atoms with Gasteiger partial charge in [0.15, 0.2) is 0 Å². The van der Waals surface area contributed by atoms with Crippen molar-refractivity contribution in [3.8, 4) is 0 Å². The number of thiophene rings is 1. The van der Waals surface area contributed by atoms with Crippen LogP contribution in [0.25, 0.3) is 0 Å². The standard InChI is InChI=1S/C13H11ClN2OS/c14-9-1-2-11-10(5-9)12(15)13(17)16(11)6-8-3-4-18-7-8/h1-5,7,12H,6,15H2. The van der Waals surface area contributed by atoms with E-state index in [-0.39, 0.29) is 5.91 Å². The maximum absolute atomic E-state index is 12.2. The van der Waals surface area contributed by atoms with Gasteiger partial charge in [-0.2, -0.15) is 11.3 Å². The van der Waals surface area contributed by atoms with Crippen LogP contribution in [0.3, 0.4) is 0 Å². The van der Waals surface area contributed by atoms with Gasteiger partial charge in [0.05, 0.1) is 6.54 Å². The Labute approximate surface area is 114 Å². The van der Waals surface area contributed by atoms with Gasteiger partial charge in [0.25, 0.3) is 0 Å². The summed E-state index contributed by atoms with van der Waals surface area (Å²) in [5, 5.41) is 4.64. The molecule has 3 nitrogen and oxygen atoms in total. The largest absolute Gasteiger partial charge is 0.316 e. The molecule has 0 radical (unpaired) electrons. The molecule has 2 aromatic rings. The number of rotatable bonds is 2. The normalized spacial score (nSPS) is 18.2. The molecule has 1 amide bonds. The number of nitrogens with zero attached hydrogens (tertiary/aromatic N) is 1.